The SMILES string of the molecule is Cc1ccc(C(C)(C)NC(=O)C[C@@H]2C[C@@H](C)NC(=S)N2)cc1. The van der Waals surface area contributed by atoms with Crippen molar-refractivity contribution < 1.29 is 4.79 Å². The third-order valence-electron chi connectivity index (χ3n) is 4.01. The van der Waals surface area contributed by atoms with Crippen molar-refractivity contribution in [2.75, 3.05) is 0 Å². The van der Waals surface area contributed by atoms with Gasteiger partial charge in [-0.3, -0.25) is 4.79 Å². The van der Waals surface area contributed by atoms with Gasteiger partial charge in [0.1, 0.15) is 0 Å². The lowest BCUT2D eigenvalue weighted by atomic mass is 9.93. The highest BCUT2D eigenvalue weighted by molar-refractivity contribution is 7.80. The maximum atomic E-state index is 12.4. The molecular formula is C17H25N3OS. The van der Waals surface area contributed by atoms with E-state index in [0.717, 1.165) is 12.0 Å². The first kappa shape index (κ1) is 16.7. The van der Waals surface area contributed by atoms with Gasteiger partial charge in [0, 0.05) is 18.5 Å². The van der Waals surface area contributed by atoms with Gasteiger partial charge in [0.15, 0.2) is 5.11 Å². The smallest absolute Gasteiger partial charge is 0.222 e. The van der Waals surface area contributed by atoms with E-state index in [2.05, 4.69) is 54.1 Å². The highest BCUT2D eigenvalue weighted by atomic mass is 32.1. The third-order valence-corrected chi connectivity index (χ3v) is 4.24. The molecule has 0 radical (unpaired) electrons. The monoisotopic (exact) mass is 319 g/mol. The molecule has 1 amide bonds. The van der Waals surface area contributed by atoms with Crippen LogP contribution >= 0.6 is 12.2 Å². The number of hydrogen-bond donors (Lipinski definition) is 3. The summed E-state index contributed by atoms with van der Waals surface area (Å²) >= 11 is 5.16. The lowest BCUT2D eigenvalue weighted by Crippen LogP contribution is -2.55. The molecule has 0 spiro atoms. The molecule has 0 aromatic heterocycles. The summed E-state index contributed by atoms with van der Waals surface area (Å²) in [5.41, 5.74) is 1.94. The van der Waals surface area contributed by atoms with Crippen molar-refractivity contribution in [2.45, 2.75) is 58.2 Å². The number of thiocarbonyl (C=S) groups is 1. The molecule has 1 fully saturated rings. The number of rotatable bonds is 4. The zero-order valence-corrected chi connectivity index (χ0v) is 14.5. The van der Waals surface area contributed by atoms with E-state index in [4.69, 9.17) is 12.2 Å². The Morgan fingerprint density at radius 1 is 1.32 bits per heavy atom. The maximum absolute atomic E-state index is 12.4. The summed E-state index contributed by atoms with van der Waals surface area (Å²) in [5.74, 6) is 0.0416. The fourth-order valence-electron chi connectivity index (χ4n) is 2.80. The molecule has 0 saturated carbocycles. The molecule has 1 heterocycles. The lowest BCUT2D eigenvalue weighted by Gasteiger charge is -2.32. The predicted octanol–water partition coefficient (Wildman–Crippen LogP) is 2.36. The van der Waals surface area contributed by atoms with Gasteiger partial charge < -0.3 is 16.0 Å². The summed E-state index contributed by atoms with van der Waals surface area (Å²) in [5, 5.41) is 10.1. The second kappa shape index (κ2) is 6.65. The zero-order valence-electron chi connectivity index (χ0n) is 13.7. The predicted molar refractivity (Wildman–Crippen MR) is 93.7 cm³/mol. The van der Waals surface area contributed by atoms with E-state index in [1.54, 1.807) is 0 Å². The third kappa shape index (κ3) is 4.44. The summed E-state index contributed by atoms with van der Waals surface area (Å²) in [4.78, 5) is 12.4. The fraction of sp³-hybridized carbons (Fsp3) is 0.529. The van der Waals surface area contributed by atoms with Crippen molar-refractivity contribution in [3.05, 3.63) is 35.4 Å². The Kier molecular flexibility index (Phi) is 5.06. The van der Waals surface area contributed by atoms with E-state index >= 15 is 0 Å². The average Bonchev–Trinajstić information content (AvgIpc) is 2.36. The Hall–Kier alpha value is -1.62. The molecule has 0 unspecified atom stereocenters. The highest BCUT2D eigenvalue weighted by Crippen LogP contribution is 2.21. The topological polar surface area (TPSA) is 53.2 Å². The van der Waals surface area contributed by atoms with Gasteiger partial charge in [-0.25, -0.2) is 0 Å². The summed E-state index contributed by atoms with van der Waals surface area (Å²) in [6.45, 7) is 8.19. The lowest BCUT2D eigenvalue weighted by molar-refractivity contribution is -0.123. The van der Waals surface area contributed by atoms with Gasteiger partial charge in [0.2, 0.25) is 5.91 Å². The first-order valence-corrected chi connectivity index (χ1v) is 8.12. The van der Waals surface area contributed by atoms with Gasteiger partial charge in [-0.2, -0.15) is 0 Å². The van der Waals surface area contributed by atoms with E-state index in [1.807, 2.05) is 13.8 Å². The van der Waals surface area contributed by atoms with Crippen LogP contribution in [0.4, 0.5) is 0 Å². The zero-order chi connectivity index (χ0) is 16.3. The largest absolute Gasteiger partial charge is 0.360 e. The van der Waals surface area contributed by atoms with Gasteiger partial charge in [-0.15, -0.1) is 0 Å². The number of hydrogen-bond acceptors (Lipinski definition) is 2. The van der Waals surface area contributed by atoms with E-state index in [0.29, 0.717) is 17.6 Å². The molecule has 1 saturated heterocycles. The van der Waals surface area contributed by atoms with Crippen molar-refractivity contribution in [1.29, 1.82) is 0 Å². The first-order valence-electron chi connectivity index (χ1n) is 7.71. The minimum absolute atomic E-state index is 0.0416. The molecule has 1 aromatic carbocycles. The molecule has 0 aliphatic carbocycles. The van der Waals surface area contributed by atoms with Crippen LogP contribution in [0.2, 0.25) is 0 Å². The molecule has 5 heteroatoms. The molecule has 2 rings (SSSR count). The molecule has 22 heavy (non-hydrogen) atoms. The average molecular weight is 319 g/mol. The number of amides is 1. The van der Waals surface area contributed by atoms with E-state index in [9.17, 15) is 4.79 Å². The quantitative estimate of drug-likeness (QED) is 0.746. The molecule has 1 aromatic rings. The van der Waals surface area contributed by atoms with Gasteiger partial charge in [0.25, 0.3) is 0 Å². The summed E-state index contributed by atoms with van der Waals surface area (Å²) < 4.78 is 0. The maximum Gasteiger partial charge on any atom is 0.222 e. The normalized spacial score (nSPS) is 21.7. The van der Waals surface area contributed by atoms with Gasteiger partial charge in [-0.05, 0) is 51.9 Å². The molecule has 3 N–H and O–H groups in total. The van der Waals surface area contributed by atoms with Crippen molar-refractivity contribution in [3.63, 3.8) is 0 Å². The van der Waals surface area contributed by atoms with Crippen LogP contribution < -0.4 is 16.0 Å². The van der Waals surface area contributed by atoms with Crippen molar-refractivity contribution >= 4 is 23.2 Å². The van der Waals surface area contributed by atoms with Crippen LogP contribution in [0.25, 0.3) is 0 Å². The molecule has 1 aliphatic heterocycles. The molecule has 0 bridgehead atoms. The fourth-order valence-corrected chi connectivity index (χ4v) is 3.16. The van der Waals surface area contributed by atoms with Crippen LogP contribution in [-0.2, 0) is 10.3 Å². The van der Waals surface area contributed by atoms with Crippen LogP contribution in [0.3, 0.4) is 0 Å². The number of carbonyl (C=O) groups is 1. The Balaban J connectivity index is 1.95. The van der Waals surface area contributed by atoms with E-state index in [-0.39, 0.29) is 17.5 Å². The highest BCUT2D eigenvalue weighted by Gasteiger charge is 2.27. The Labute approximate surface area is 138 Å². The van der Waals surface area contributed by atoms with Crippen LogP contribution in [0, 0.1) is 6.92 Å². The van der Waals surface area contributed by atoms with Crippen LogP contribution in [-0.4, -0.2) is 23.1 Å². The number of benzene rings is 1. The minimum Gasteiger partial charge on any atom is -0.360 e. The Bertz CT molecular complexity index is 554. The first-order chi connectivity index (χ1) is 10.3. The summed E-state index contributed by atoms with van der Waals surface area (Å²) in [7, 11) is 0. The summed E-state index contributed by atoms with van der Waals surface area (Å²) in [6.07, 6.45) is 1.32. The van der Waals surface area contributed by atoms with Crippen LogP contribution in [0.15, 0.2) is 24.3 Å². The molecule has 4 nitrogen and oxygen atoms in total. The second-order valence-corrected chi connectivity index (χ2v) is 7.10. The molecule has 1 aliphatic rings. The van der Waals surface area contributed by atoms with E-state index in [1.165, 1.54) is 5.56 Å². The second-order valence-electron chi connectivity index (χ2n) is 6.69. The Morgan fingerprint density at radius 2 is 1.95 bits per heavy atom. The molecular weight excluding hydrogens is 294 g/mol. The van der Waals surface area contributed by atoms with Crippen LogP contribution in [0.1, 0.15) is 44.7 Å². The van der Waals surface area contributed by atoms with Crippen LogP contribution in [0.5, 0.6) is 0 Å². The standard InChI is InChI=1S/C17H25N3OS/c1-11-5-7-13(8-6-11)17(3,4)20-15(21)10-14-9-12(2)18-16(22)19-14/h5-8,12,14H,9-10H2,1-4H3,(H,20,21)(H2,18,19,22)/t12-,14+/m1/s1. The number of nitrogens with one attached hydrogen (secondary N) is 3. The molecule has 120 valence electrons. The van der Waals surface area contributed by atoms with Crippen molar-refractivity contribution in [1.82, 2.24) is 16.0 Å². The number of carbonyl (C=O) groups excluding carboxylic acids is 1. The van der Waals surface area contributed by atoms with E-state index < -0.39 is 0 Å². The van der Waals surface area contributed by atoms with Crippen molar-refractivity contribution in [3.8, 4) is 0 Å². The van der Waals surface area contributed by atoms with Gasteiger partial charge >= 0.3 is 0 Å². The van der Waals surface area contributed by atoms with Gasteiger partial charge in [-0.1, -0.05) is 29.8 Å². The van der Waals surface area contributed by atoms with Gasteiger partial charge in [0.05, 0.1) is 5.54 Å². The Morgan fingerprint density at radius 3 is 2.55 bits per heavy atom. The molecule has 2 atom stereocenters. The summed E-state index contributed by atoms with van der Waals surface area (Å²) in [6, 6.07) is 8.66. The number of aryl methyl sites for hydroxylation is 1. The minimum atomic E-state index is -0.385. The van der Waals surface area contributed by atoms with Crippen molar-refractivity contribution in [2.24, 2.45) is 0 Å².